The normalized spacial score (nSPS) is 23.3. The van der Waals surface area contributed by atoms with Gasteiger partial charge in [0, 0.05) is 12.5 Å². The minimum atomic E-state index is 0.195. The predicted molar refractivity (Wildman–Crippen MR) is 59.3 cm³/mol. The predicted octanol–water partition coefficient (Wildman–Crippen LogP) is 2.33. The van der Waals surface area contributed by atoms with Crippen LogP contribution in [0.1, 0.15) is 40.0 Å². The van der Waals surface area contributed by atoms with Crippen molar-refractivity contribution in [3.05, 3.63) is 0 Å². The Morgan fingerprint density at radius 1 is 1.50 bits per heavy atom. The second kappa shape index (κ2) is 5.50. The molecule has 0 bridgehead atoms. The van der Waals surface area contributed by atoms with Gasteiger partial charge in [-0.1, -0.05) is 27.2 Å². The molecule has 0 aromatic heterocycles. The molecule has 1 fully saturated rings. The van der Waals surface area contributed by atoms with Crippen molar-refractivity contribution in [3.63, 3.8) is 0 Å². The van der Waals surface area contributed by atoms with E-state index in [9.17, 15) is 4.79 Å². The average molecular weight is 197 g/mol. The number of hydrogen-bond donors (Lipinski definition) is 0. The maximum Gasteiger partial charge on any atom is 0.149 e. The van der Waals surface area contributed by atoms with Crippen LogP contribution < -0.4 is 0 Å². The Hall–Kier alpha value is -0.370. The Morgan fingerprint density at radius 3 is 2.79 bits per heavy atom. The monoisotopic (exact) mass is 197 g/mol. The van der Waals surface area contributed by atoms with Crippen molar-refractivity contribution in [1.29, 1.82) is 0 Å². The van der Waals surface area contributed by atoms with Gasteiger partial charge >= 0.3 is 0 Å². The van der Waals surface area contributed by atoms with Crippen LogP contribution in [0.3, 0.4) is 0 Å². The number of rotatable bonds is 5. The van der Waals surface area contributed by atoms with Gasteiger partial charge in [-0.05, 0) is 25.3 Å². The molecular formula is C12H23NO. The third-order valence-electron chi connectivity index (χ3n) is 3.09. The summed E-state index contributed by atoms with van der Waals surface area (Å²) in [5.41, 5.74) is 0. The molecule has 1 atom stereocenters. The Kier molecular flexibility index (Phi) is 4.59. The molecule has 1 rings (SSSR count). The zero-order valence-electron chi connectivity index (χ0n) is 9.75. The standard InChI is InChI=1S/C12H23NO/c1-4-5-11-6-7-13(8-11)9-12(14)10(2)3/h10-11H,4-9H2,1-3H3. The van der Waals surface area contributed by atoms with E-state index in [4.69, 9.17) is 0 Å². The SMILES string of the molecule is CCCC1CCN(CC(=O)C(C)C)C1. The molecule has 1 heterocycles. The highest BCUT2D eigenvalue weighted by molar-refractivity contribution is 5.82. The van der Waals surface area contributed by atoms with Crippen molar-refractivity contribution >= 4 is 5.78 Å². The van der Waals surface area contributed by atoms with E-state index >= 15 is 0 Å². The van der Waals surface area contributed by atoms with E-state index in [0.29, 0.717) is 12.3 Å². The van der Waals surface area contributed by atoms with Gasteiger partial charge in [0.15, 0.2) is 0 Å². The van der Waals surface area contributed by atoms with Gasteiger partial charge in [-0.25, -0.2) is 0 Å². The van der Waals surface area contributed by atoms with Crippen molar-refractivity contribution in [3.8, 4) is 0 Å². The largest absolute Gasteiger partial charge is 0.298 e. The van der Waals surface area contributed by atoms with Gasteiger partial charge in [0.05, 0.1) is 6.54 Å². The lowest BCUT2D eigenvalue weighted by Crippen LogP contribution is -2.30. The maximum absolute atomic E-state index is 11.5. The Balaban J connectivity index is 2.25. The van der Waals surface area contributed by atoms with Crippen LogP contribution in [0, 0.1) is 11.8 Å². The molecule has 0 spiro atoms. The Bertz CT molecular complexity index is 189. The summed E-state index contributed by atoms with van der Waals surface area (Å²) >= 11 is 0. The molecule has 0 amide bonds. The zero-order valence-corrected chi connectivity index (χ0v) is 9.75. The molecule has 0 radical (unpaired) electrons. The van der Waals surface area contributed by atoms with Gasteiger partial charge < -0.3 is 0 Å². The molecule has 0 aromatic carbocycles. The summed E-state index contributed by atoms with van der Waals surface area (Å²) in [5, 5.41) is 0. The molecule has 0 N–H and O–H groups in total. The Morgan fingerprint density at radius 2 is 2.21 bits per heavy atom. The molecule has 0 saturated carbocycles. The van der Waals surface area contributed by atoms with Crippen molar-refractivity contribution in [2.24, 2.45) is 11.8 Å². The number of Topliss-reactive ketones (excluding diaryl/α,β-unsaturated/α-hetero) is 1. The van der Waals surface area contributed by atoms with Crippen molar-refractivity contribution in [2.75, 3.05) is 19.6 Å². The molecule has 1 aliphatic rings. The van der Waals surface area contributed by atoms with Gasteiger partial charge in [-0.2, -0.15) is 0 Å². The molecular weight excluding hydrogens is 174 g/mol. The van der Waals surface area contributed by atoms with E-state index in [2.05, 4.69) is 11.8 Å². The van der Waals surface area contributed by atoms with Crippen molar-refractivity contribution in [1.82, 2.24) is 4.90 Å². The van der Waals surface area contributed by atoms with Crippen LogP contribution in [0.4, 0.5) is 0 Å². The lowest BCUT2D eigenvalue weighted by atomic mass is 10.0. The van der Waals surface area contributed by atoms with Crippen LogP contribution in [-0.2, 0) is 4.79 Å². The fourth-order valence-corrected chi connectivity index (χ4v) is 2.10. The topological polar surface area (TPSA) is 20.3 Å². The van der Waals surface area contributed by atoms with Gasteiger partial charge in [0.1, 0.15) is 5.78 Å². The maximum atomic E-state index is 11.5. The first-order chi connectivity index (χ1) is 6.63. The van der Waals surface area contributed by atoms with Crippen LogP contribution in [0.2, 0.25) is 0 Å². The summed E-state index contributed by atoms with van der Waals surface area (Å²) in [6, 6.07) is 0. The van der Waals surface area contributed by atoms with E-state index in [-0.39, 0.29) is 5.92 Å². The molecule has 0 aliphatic carbocycles. The lowest BCUT2D eigenvalue weighted by Gasteiger charge is -2.16. The molecule has 0 aromatic rings. The number of ketones is 1. The highest BCUT2D eigenvalue weighted by atomic mass is 16.1. The number of hydrogen-bond acceptors (Lipinski definition) is 2. The van der Waals surface area contributed by atoms with Crippen LogP contribution in [0.15, 0.2) is 0 Å². The number of carbonyl (C=O) groups is 1. The van der Waals surface area contributed by atoms with Crippen LogP contribution in [0.5, 0.6) is 0 Å². The third kappa shape index (κ3) is 3.41. The first-order valence-corrected chi connectivity index (χ1v) is 5.88. The third-order valence-corrected chi connectivity index (χ3v) is 3.09. The molecule has 14 heavy (non-hydrogen) atoms. The van der Waals surface area contributed by atoms with Gasteiger partial charge in [0.25, 0.3) is 0 Å². The summed E-state index contributed by atoms with van der Waals surface area (Å²) < 4.78 is 0. The van der Waals surface area contributed by atoms with Gasteiger partial charge in [-0.3, -0.25) is 9.69 Å². The zero-order chi connectivity index (χ0) is 10.6. The van der Waals surface area contributed by atoms with E-state index in [0.717, 1.165) is 19.0 Å². The molecule has 1 unspecified atom stereocenters. The highest BCUT2D eigenvalue weighted by Gasteiger charge is 2.23. The summed E-state index contributed by atoms with van der Waals surface area (Å²) in [7, 11) is 0. The molecule has 2 nitrogen and oxygen atoms in total. The van der Waals surface area contributed by atoms with E-state index in [1.165, 1.54) is 19.3 Å². The van der Waals surface area contributed by atoms with E-state index in [1.54, 1.807) is 0 Å². The first kappa shape index (κ1) is 11.7. The molecule has 82 valence electrons. The van der Waals surface area contributed by atoms with Crippen molar-refractivity contribution < 1.29 is 4.79 Å². The summed E-state index contributed by atoms with van der Waals surface area (Å²) in [6.45, 7) is 9.17. The van der Waals surface area contributed by atoms with Crippen LogP contribution in [0.25, 0.3) is 0 Å². The summed E-state index contributed by atoms with van der Waals surface area (Å²) in [4.78, 5) is 13.8. The fourth-order valence-electron chi connectivity index (χ4n) is 2.10. The second-order valence-corrected chi connectivity index (χ2v) is 4.80. The smallest absolute Gasteiger partial charge is 0.149 e. The Labute approximate surface area is 87.7 Å². The van der Waals surface area contributed by atoms with E-state index < -0.39 is 0 Å². The average Bonchev–Trinajstić information content (AvgIpc) is 2.53. The molecule has 2 heteroatoms. The number of likely N-dealkylation sites (tertiary alicyclic amines) is 1. The number of carbonyl (C=O) groups excluding carboxylic acids is 1. The quantitative estimate of drug-likeness (QED) is 0.674. The minimum Gasteiger partial charge on any atom is -0.298 e. The summed E-state index contributed by atoms with van der Waals surface area (Å²) in [6.07, 6.45) is 3.89. The molecule has 1 aliphatic heterocycles. The van der Waals surface area contributed by atoms with Gasteiger partial charge in [0.2, 0.25) is 0 Å². The first-order valence-electron chi connectivity index (χ1n) is 5.88. The van der Waals surface area contributed by atoms with Crippen LogP contribution in [-0.4, -0.2) is 30.3 Å². The minimum absolute atomic E-state index is 0.195. The molecule has 1 saturated heterocycles. The van der Waals surface area contributed by atoms with Gasteiger partial charge in [-0.15, -0.1) is 0 Å². The second-order valence-electron chi connectivity index (χ2n) is 4.80. The van der Waals surface area contributed by atoms with Crippen LogP contribution >= 0.6 is 0 Å². The highest BCUT2D eigenvalue weighted by Crippen LogP contribution is 2.20. The fraction of sp³-hybridized carbons (Fsp3) is 0.917. The summed E-state index contributed by atoms with van der Waals surface area (Å²) in [5.74, 6) is 1.43. The van der Waals surface area contributed by atoms with Crippen molar-refractivity contribution in [2.45, 2.75) is 40.0 Å². The van der Waals surface area contributed by atoms with E-state index in [1.807, 2.05) is 13.8 Å². The lowest BCUT2D eigenvalue weighted by molar-refractivity contribution is -0.122. The number of nitrogens with zero attached hydrogens (tertiary/aromatic N) is 1.